The standard InChI is InChI=1S/C19H7F10N/c1-4-2-5(7-9(20)13(24)17(28)14(25)10(7)21)19(30)6(3-4)8-11(22)15(26)18(29)16(27)12(8)23/h2-3H,30H2,1H3. The van der Waals surface area contributed by atoms with Gasteiger partial charge < -0.3 is 5.73 Å². The number of halogens is 10. The van der Waals surface area contributed by atoms with E-state index in [2.05, 4.69) is 0 Å². The average molecular weight is 439 g/mol. The SMILES string of the molecule is Cc1cc(-c2c(F)c(F)c(F)c(F)c2F)c(N)c(-c2c(F)c(F)c(F)c(F)c2F)c1. The summed E-state index contributed by atoms with van der Waals surface area (Å²) >= 11 is 0. The van der Waals surface area contributed by atoms with E-state index in [9.17, 15) is 43.9 Å². The molecular formula is C19H7F10N. The van der Waals surface area contributed by atoms with Gasteiger partial charge in [-0.15, -0.1) is 0 Å². The van der Waals surface area contributed by atoms with E-state index in [4.69, 9.17) is 5.73 Å². The van der Waals surface area contributed by atoms with Crippen LogP contribution >= 0.6 is 0 Å². The van der Waals surface area contributed by atoms with Gasteiger partial charge in [0.2, 0.25) is 11.6 Å². The number of aryl methyl sites for hydroxylation is 1. The molecule has 3 aromatic carbocycles. The Hall–Kier alpha value is -3.24. The van der Waals surface area contributed by atoms with Gasteiger partial charge in [0.05, 0.1) is 11.1 Å². The Labute approximate surface area is 161 Å². The van der Waals surface area contributed by atoms with Crippen molar-refractivity contribution in [1.82, 2.24) is 0 Å². The molecular weight excluding hydrogens is 432 g/mol. The van der Waals surface area contributed by atoms with Gasteiger partial charge >= 0.3 is 0 Å². The second-order valence-corrected chi connectivity index (χ2v) is 6.16. The van der Waals surface area contributed by atoms with E-state index >= 15 is 0 Å². The summed E-state index contributed by atoms with van der Waals surface area (Å²) < 4.78 is 138. The molecule has 0 atom stereocenters. The quantitative estimate of drug-likeness (QED) is 0.216. The van der Waals surface area contributed by atoms with Gasteiger partial charge in [0.15, 0.2) is 46.5 Å². The maximum absolute atomic E-state index is 14.2. The molecule has 0 aromatic heterocycles. The second kappa shape index (κ2) is 7.22. The molecule has 0 radical (unpaired) electrons. The van der Waals surface area contributed by atoms with E-state index in [1.54, 1.807) is 0 Å². The molecule has 0 aliphatic rings. The number of hydrogen-bond acceptors (Lipinski definition) is 1. The molecule has 2 N–H and O–H groups in total. The van der Waals surface area contributed by atoms with Crippen LogP contribution in [0.5, 0.6) is 0 Å². The summed E-state index contributed by atoms with van der Waals surface area (Å²) in [5.74, 6) is -23.4. The van der Waals surface area contributed by atoms with Gasteiger partial charge in [-0.25, -0.2) is 43.9 Å². The van der Waals surface area contributed by atoms with Crippen LogP contribution in [-0.2, 0) is 0 Å². The Kier molecular flexibility index (Phi) is 5.17. The van der Waals surface area contributed by atoms with E-state index < -0.39 is 86.1 Å². The third-order valence-corrected chi connectivity index (χ3v) is 4.28. The minimum atomic E-state index is -2.46. The number of nitrogens with two attached hydrogens (primary N) is 1. The third-order valence-electron chi connectivity index (χ3n) is 4.28. The van der Waals surface area contributed by atoms with E-state index in [0.717, 1.165) is 12.1 Å². The van der Waals surface area contributed by atoms with Gasteiger partial charge in [-0.2, -0.15) is 0 Å². The van der Waals surface area contributed by atoms with Crippen molar-refractivity contribution in [3.05, 3.63) is 75.9 Å². The van der Waals surface area contributed by atoms with Crippen molar-refractivity contribution in [1.29, 1.82) is 0 Å². The molecule has 30 heavy (non-hydrogen) atoms. The summed E-state index contributed by atoms with van der Waals surface area (Å²) in [6, 6.07) is 1.65. The molecule has 0 amide bonds. The summed E-state index contributed by atoms with van der Waals surface area (Å²) in [5, 5.41) is 0. The van der Waals surface area contributed by atoms with Crippen molar-refractivity contribution < 1.29 is 43.9 Å². The normalized spacial score (nSPS) is 11.3. The average Bonchev–Trinajstić information content (AvgIpc) is 2.71. The molecule has 0 unspecified atom stereocenters. The van der Waals surface area contributed by atoms with Crippen LogP contribution in [0.3, 0.4) is 0 Å². The van der Waals surface area contributed by atoms with Crippen molar-refractivity contribution in [2.45, 2.75) is 6.92 Å². The predicted octanol–water partition coefficient (Wildman–Crippen LogP) is 6.30. The molecule has 0 saturated heterocycles. The van der Waals surface area contributed by atoms with Crippen LogP contribution in [0.4, 0.5) is 49.6 Å². The van der Waals surface area contributed by atoms with E-state index in [1.165, 1.54) is 6.92 Å². The van der Waals surface area contributed by atoms with Crippen molar-refractivity contribution in [3.8, 4) is 22.3 Å². The fraction of sp³-hybridized carbons (Fsp3) is 0.0526. The zero-order valence-electron chi connectivity index (χ0n) is 14.5. The van der Waals surface area contributed by atoms with Gasteiger partial charge in [0.25, 0.3) is 0 Å². The van der Waals surface area contributed by atoms with Crippen LogP contribution in [0.2, 0.25) is 0 Å². The summed E-state index contributed by atoms with van der Waals surface area (Å²) in [7, 11) is 0. The largest absolute Gasteiger partial charge is 0.398 e. The zero-order chi connectivity index (χ0) is 22.7. The molecule has 3 rings (SSSR count). The van der Waals surface area contributed by atoms with Crippen LogP contribution in [0.1, 0.15) is 5.56 Å². The molecule has 0 saturated carbocycles. The molecule has 3 aromatic rings. The smallest absolute Gasteiger partial charge is 0.200 e. The van der Waals surface area contributed by atoms with Crippen LogP contribution in [-0.4, -0.2) is 0 Å². The molecule has 0 aliphatic carbocycles. The van der Waals surface area contributed by atoms with Crippen LogP contribution in [0, 0.1) is 65.1 Å². The lowest BCUT2D eigenvalue weighted by Crippen LogP contribution is -2.08. The van der Waals surface area contributed by atoms with E-state index in [-0.39, 0.29) is 5.56 Å². The van der Waals surface area contributed by atoms with Crippen LogP contribution in [0.25, 0.3) is 22.3 Å². The Bertz CT molecular complexity index is 1070. The van der Waals surface area contributed by atoms with Gasteiger partial charge in [-0.3, -0.25) is 0 Å². The molecule has 0 aliphatic heterocycles. The molecule has 0 spiro atoms. The molecule has 0 fully saturated rings. The van der Waals surface area contributed by atoms with Crippen molar-refractivity contribution in [3.63, 3.8) is 0 Å². The Morgan fingerprint density at radius 3 is 0.967 bits per heavy atom. The monoisotopic (exact) mass is 439 g/mol. The lowest BCUT2D eigenvalue weighted by atomic mass is 9.92. The third kappa shape index (κ3) is 2.96. The highest BCUT2D eigenvalue weighted by Crippen LogP contribution is 2.42. The van der Waals surface area contributed by atoms with Crippen molar-refractivity contribution >= 4 is 5.69 Å². The highest BCUT2D eigenvalue weighted by atomic mass is 19.2. The molecule has 158 valence electrons. The minimum Gasteiger partial charge on any atom is -0.398 e. The lowest BCUT2D eigenvalue weighted by Gasteiger charge is -2.17. The number of hydrogen-bond donors (Lipinski definition) is 1. The molecule has 11 heteroatoms. The first-order valence-electron chi connectivity index (χ1n) is 7.83. The van der Waals surface area contributed by atoms with E-state index in [0.29, 0.717) is 0 Å². The van der Waals surface area contributed by atoms with Gasteiger partial charge in [-0.1, -0.05) is 0 Å². The molecule has 1 nitrogen and oxygen atoms in total. The predicted molar refractivity (Wildman–Crippen MR) is 86.0 cm³/mol. The summed E-state index contributed by atoms with van der Waals surface area (Å²) in [6.07, 6.45) is 0. The first kappa shape index (κ1) is 21.5. The minimum absolute atomic E-state index is 0.0953. The first-order valence-corrected chi connectivity index (χ1v) is 7.83. The molecule has 0 heterocycles. The number of rotatable bonds is 2. The lowest BCUT2D eigenvalue weighted by molar-refractivity contribution is 0.381. The number of anilines is 1. The van der Waals surface area contributed by atoms with Crippen molar-refractivity contribution in [2.75, 3.05) is 5.73 Å². The summed E-state index contributed by atoms with van der Waals surface area (Å²) in [5.41, 5.74) is -0.313. The first-order chi connectivity index (χ1) is 13.9. The maximum Gasteiger partial charge on any atom is 0.200 e. The Balaban J connectivity index is 2.46. The zero-order valence-corrected chi connectivity index (χ0v) is 14.5. The van der Waals surface area contributed by atoms with Crippen molar-refractivity contribution in [2.24, 2.45) is 0 Å². The van der Waals surface area contributed by atoms with Gasteiger partial charge in [0, 0.05) is 16.8 Å². The summed E-state index contributed by atoms with van der Waals surface area (Å²) in [6.45, 7) is 1.17. The Morgan fingerprint density at radius 1 is 0.467 bits per heavy atom. The van der Waals surface area contributed by atoms with Gasteiger partial charge in [-0.05, 0) is 24.6 Å². The number of benzene rings is 3. The van der Waals surface area contributed by atoms with Crippen LogP contribution in [0.15, 0.2) is 12.1 Å². The topological polar surface area (TPSA) is 26.0 Å². The summed E-state index contributed by atoms with van der Waals surface area (Å²) in [4.78, 5) is 0. The molecule has 0 bridgehead atoms. The van der Waals surface area contributed by atoms with Crippen LogP contribution < -0.4 is 5.73 Å². The fourth-order valence-electron chi connectivity index (χ4n) is 2.89. The van der Waals surface area contributed by atoms with E-state index in [1.807, 2.05) is 0 Å². The highest BCUT2D eigenvalue weighted by molar-refractivity contribution is 5.90. The van der Waals surface area contributed by atoms with Gasteiger partial charge in [0.1, 0.15) is 0 Å². The highest BCUT2D eigenvalue weighted by Gasteiger charge is 2.31. The maximum atomic E-state index is 14.2. The fourth-order valence-corrected chi connectivity index (χ4v) is 2.89. The Morgan fingerprint density at radius 2 is 0.700 bits per heavy atom. The number of nitrogen functional groups attached to an aromatic ring is 1. The second-order valence-electron chi connectivity index (χ2n) is 6.16.